The molecule has 0 aromatic heterocycles. The highest BCUT2D eigenvalue weighted by molar-refractivity contribution is 5.99. The highest BCUT2D eigenvalue weighted by atomic mass is 16.2. The van der Waals surface area contributed by atoms with E-state index in [2.05, 4.69) is 12.2 Å². The van der Waals surface area contributed by atoms with Gasteiger partial charge in [0, 0.05) is 11.5 Å². The summed E-state index contributed by atoms with van der Waals surface area (Å²) in [6.07, 6.45) is 0.957. The summed E-state index contributed by atoms with van der Waals surface area (Å²) in [5.41, 5.74) is 1.85. The van der Waals surface area contributed by atoms with Crippen LogP contribution in [0.5, 0.6) is 0 Å². The molecule has 3 heteroatoms. The second kappa shape index (κ2) is 6.18. The Morgan fingerprint density at radius 1 is 1.18 bits per heavy atom. The fourth-order valence-corrected chi connectivity index (χ4v) is 1.40. The van der Waals surface area contributed by atoms with Crippen molar-refractivity contribution in [3.63, 3.8) is 0 Å². The molecule has 0 saturated heterocycles. The molecule has 17 heavy (non-hydrogen) atoms. The van der Waals surface area contributed by atoms with E-state index in [4.69, 9.17) is 0 Å². The van der Waals surface area contributed by atoms with E-state index < -0.39 is 0 Å². The second-order valence-corrected chi connectivity index (χ2v) is 4.35. The van der Waals surface area contributed by atoms with Crippen LogP contribution < -0.4 is 5.32 Å². The van der Waals surface area contributed by atoms with Gasteiger partial charge in [-0.05, 0) is 12.0 Å². The Labute approximate surface area is 102 Å². The van der Waals surface area contributed by atoms with E-state index in [9.17, 15) is 9.59 Å². The summed E-state index contributed by atoms with van der Waals surface area (Å²) in [7, 11) is 0. The third kappa shape index (κ3) is 4.02. The number of rotatable bonds is 5. The minimum Gasteiger partial charge on any atom is -0.348 e. The van der Waals surface area contributed by atoms with Crippen LogP contribution in [-0.2, 0) is 11.2 Å². The molecule has 0 radical (unpaired) electrons. The maximum atomic E-state index is 11.8. The van der Waals surface area contributed by atoms with Crippen LogP contribution in [0.3, 0.4) is 0 Å². The number of carbonyl (C=O) groups excluding carboxylic acids is 2. The van der Waals surface area contributed by atoms with E-state index in [-0.39, 0.29) is 24.2 Å². The molecule has 0 aliphatic rings. The molecule has 0 aliphatic carbocycles. The molecule has 0 atom stereocenters. The fraction of sp³-hybridized carbons (Fsp3) is 0.429. The van der Waals surface area contributed by atoms with Gasteiger partial charge in [0.2, 0.25) is 5.91 Å². The maximum Gasteiger partial charge on any atom is 0.222 e. The highest BCUT2D eigenvalue weighted by Gasteiger charge is 2.10. The maximum absolute atomic E-state index is 11.8. The van der Waals surface area contributed by atoms with Crippen LogP contribution >= 0.6 is 0 Å². The number of amides is 1. The number of ketones is 1. The van der Waals surface area contributed by atoms with Crippen molar-refractivity contribution >= 4 is 11.7 Å². The third-order valence-corrected chi connectivity index (χ3v) is 2.63. The summed E-state index contributed by atoms with van der Waals surface area (Å²) >= 11 is 0. The molecule has 1 rings (SSSR count). The largest absolute Gasteiger partial charge is 0.348 e. The molecule has 0 bridgehead atoms. The summed E-state index contributed by atoms with van der Waals surface area (Å²) in [5, 5.41) is 2.62. The average Bonchev–Trinajstić information content (AvgIpc) is 2.35. The summed E-state index contributed by atoms with van der Waals surface area (Å²) in [6.45, 7) is 5.74. The Morgan fingerprint density at radius 2 is 1.76 bits per heavy atom. The van der Waals surface area contributed by atoms with Gasteiger partial charge in [-0.1, -0.05) is 45.0 Å². The number of Topliss-reactive ketones (excluding diaryl/α,β-unsaturated/α-hetero) is 1. The monoisotopic (exact) mass is 233 g/mol. The van der Waals surface area contributed by atoms with Crippen LogP contribution in [0.25, 0.3) is 0 Å². The molecule has 1 N–H and O–H groups in total. The van der Waals surface area contributed by atoms with Crippen molar-refractivity contribution in [2.24, 2.45) is 5.92 Å². The molecule has 0 saturated carbocycles. The SMILES string of the molecule is CCc1ccc(C(=O)CNC(=O)C(C)C)cc1. The first-order valence-electron chi connectivity index (χ1n) is 5.94. The van der Waals surface area contributed by atoms with Crippen LogP contribution in [0.15, 0.2) is 24.3 Å². The van der Waals surface area contributed by atoms with Gasteiger partial charge >= 0.3 is 0 Å². The first kappa shape index (κ1) is 13.4. The standard InChI is InChI=1S/C14H19NO2/c1-4-11-5-7-12(8-6-11)13(16)9-15-14(17)10(2)3/h5-8,10H,4,9H2,1-3H3,(H,15,17). The molecular weight excluding hydrogens is 214 g/mol. The van der Waals surface area contributed by atoms with Crippen LogP contribution in [0.4, 0.5) is 0 Å². The van der Waals surface area contributed by atoms with Crippen molar-refractivity contribution < 1.29 is 9.59 Å². The zero-order valence-corrected chi connectivity index (χ0v) is 10.6. The fourth-order valence-electron chi connectivity index (χ4n) is 1.40. The Morgan fingerprint density at radius 3 is 2.24 bits per heavy atom. The number of nitrogens with one attached hydrogen (secondary N) is 1. The molecule has 92 valence electrons. The lowest BCUT2D eigenvalue weighted by atomic mass is 10.1. The van der Waals surface area contributed by atoms with E-state index >= 15 is 0 Å². The minimum atomic E-state index is -0.0940. The minimum absolute atomic E-state index is 0.0540. The predicted molar refractivity (Wildman–Crippen MR) is 68.0 cm³/mol. The van der Waals surface area contributed by atoms with Gasteiger partial charge in [0.05, 0.1) is 6.54 Å². The number of hydrogen-bond donors (Lipinski definition) is 1. The lowest BCUT2D eigenvalue weighted by molar-refractivity contribution is -0.123. The number of hydrogen-bond acceptors (Lipinski definition) is 2. The lowest BCUT2D eigenvalue weighted by Gasteiger charge is -2.07. The second-order valence-electron chi connectivity index (χ2n) is 4.35. The lowest BCUT2D eigenvalue weighted by Crippen LogP contribution is -2.32. The normalized spacial score (nSPS) is 10.4. The van der Waals surface area contributed by atoms with Crippen molar-refractivity contribution in [3.05, 3.63) is 35.4 Å². The highest BCUT2D eigenvalue weighted by Crippen LogP contribution is 2.05. The van der Waals surface area contributed by atoms with Gasteiger partial charge in [0.25, 0.3) is 0 Å². The Kier molecular flexibility index (Phi) is 4.88. The Hall–Kier alpha value is -1.64. The van der Waals surface area contributed by atoms with Gasteiger partial charge in [0.1, 0.15) is 0 Å². The molecule has 0 heterocycles. The quantitative estimate of drug-likeness (QED) is 0.792. The summed E-state index contributed by atoms with van der Waals surface area (Å²) < 4.78 is 0. The number of aryl methyl sites for hydroxylation is 1. The molecular formula is C14H19NO2. The molecule has 3 nitrogen and oxygen atoms in total. The topological polar surface area (TPSA) is 46.2 Å². The van der Waals surface area contributed by atoms with Gasteiger partial charge in [-0.25, -0.2) is 0 Å². The first-order chi connectivity index (χ1) is 8.04. The summed E-state index contributed by atoms with van der Waals surface area (Å²) in [6, 6.07) is 7.50. The Bertz CT molecular complexity index is 393. The van der Waals surface area contributed by atoms with Crippen LogP contribution in [0.1, 0.15) is 36.7 Å². The van der Waals surface area contributed by atoms with Crippen molar-refractivity contribution in [3.8, 4) is 0 Å². The first-order valence-corrected chi connectivity index (χ1v) is 5.94. The van der Waals surface area contributed by atoms with E-state index in [1.807, 2.05) is 24.3 Å². The van der Waals surface area contributed by atoms with E-state index in [1.54, 1.807) is 13.8 Å². The van der Waals surface area contributed by atoms with E-state index in [0.29, 0.717) is 5.56 Å². The summed E-state index contributed by atoms with van der Waals surface area (Å²) in [4.78, 5) is 23.1. The van der Waals surface area contributed by atoms with Crippen molar-refractivity contribution in [2.75, 3.05) is 6.54 Å². The van der Waals surface area contributed by atoms with Crippen molar-refractivity contribution in [1.29, 1.82) is 0 Å². The van der Waals surface area contributed by atoms with Gasteiger partial charge in [-0.3, -0.25) is 9.59 Å². The average molecular weight is 233 g/mol. The molecule has 0 aliphatic heterocycles. The third-order valence-electron chi connectivity index (χ3n) is 2.63. The van der Waals surface area contributed by atoms with Crippen LogP contribution in [-0.4, -0.2) is 18.2 Å². The molecule has 1 aromatic carbocycles. The molecule has 0 fully saturated rings. The molecule has 1 amide bonds. The van der Waals surface area contributed by atoms with E-state index in [1.165, 1.54) is 5.56 Å². The van der Waals surface area contributed by atoms with Crippen LogP contribution in [0.2, 0.25) is 0 Å². The molecule has 0 spiro atoms. The van der Waals surface area contributed by atoms with Gasteiger partial charge in [-0.2, -0.15) is 0 Å². The van der Waals surface area contributed by atoms with E-state index in [0.717, 1.165) is 6.42 Å². The van der Waals surface area contributed by atoms with Gasteiger partial charge in [-0.15, -0.1) is 0 Å². The van der Waals surface area contributed by atoms with Crippen molar-refractivity contribution in [2.45, 2.75) is 27.2 Å². The molecule has 1 aromatic rings. The zero-order chi connectivity index (χ0) is 12.8. The Balaban J connectivity index is 2.55. The smallest absolute Gasteiger partial charge is 0.222 e. The number of benzene rings is 1. The zero-order valence-electron chi connectivity index (χ0n) is 10.6. The van der Waals surface area contributed by atoms with Gasteiger partial charge in [0.15, 0.2) is 5.78 Å². The van der Waals surface area contributed by atoms with Gasteiger partial charge < -0.3 is 5.32 Å². The van der Waals surface area contributed by atoms with Crippen molar-refractivity contribution in [1.82, 2.24) is 5.32 Å². The number of carbonyl (C=O) groups is 2. The molecule has 0 unspecified atom stereocenters. The van der Waals surface area contributed by atoms with Crippen LogP contribution in [0, 0.1) is 5.92 Å². The summed E-state index contributed by atoms with van der Waals surface area (Å²) in [5.74, 6) is -0.240. The predicted octanol–water partition coefficient (Wildman–Crippen LogP) is 2.20.